The smallest absolute Gasteiger partial charge is 0.329 e. The number of benzene rings is 3. The van der Waals surface area contributed by atoms with Crippen molar-refractivity contribution in [2.24, 2.45) is 5.10 Å². The molecule has 0 saturated heterocycles. The molecule has 0 spiro atoms. The molecule has 3 rings (SSSR count). The van der Waals surface area contributed by atoms with Crippen molar-refractivity contribution in [1.29, 1.82) is 0 Å². The van der Waals surface area contributed by atoms with Gasteiger partial charge < -0.3 is 19.5 Å². The van der Waals surface area contributed by atoms with Crippen LogP contribution in [0.15, 0.2) is 71.8 Å². The highest BCUT2D eigenvalue weighted by atomic mass is 35.5. The molecule has 2 N–H and O–H groups in total. The highest BCUT2D eigenvalue weighted by Crippen LogP contribution is 2.28. The van der Waals surface area contributed by atoms with E-state index in [9.17, 15) is 9.59 Å². The number of anilines is 1. The molecule has 0 fully saturated rings. The lowest BCUT2D eigenvalue weighted by atomic mass is 10.2. The molecule has 0 aliphatic rings. The van der Waals surface area contributed by atoms with Crippen LogP contribution in [0.25, 0.3) is 0 Å². The van der Waals surface area contributed by atoms with Crippen LogP contribution in [0.2, 0.25) is 5.02 Å². The molecule has 3 aromatic carbocycles. The van der Waals surface area contributed by atoms with Gasteiger partial charge in [-0.2, -0.15) is 5.10 Å². The van der Waals surface area contributed by atoms with E-state index in [1.165, 1.54) is 20.4 Å². The highest BCUT2D eigenvalue weighted by Gasteiger charge is 2.15. The minimum Gasteiger partial charge on any atom is -0.497 e. The van der Waals surface area contributed by atoms with Crippen LogP contribution < -0.4 is 25.0 Å². The van der Waals surface area contributed by atoms with E-state index in [0.29, 0.717) is 40.1 Å². The van der Waals surface area contributed by atoms with Crippen LogP contribution in [0.3, 0.4) is 0 Å². The van der Waals surface area contributed by atoms with E-state index in [1.54, 1.807) is 42.5 Å². The Balaban J connectivity index is 1.50. The Morgan fingerprint density at radius 1 is 0.939 bits per heavy atom. The zero-order valence-electron chi connectivity index (χ0n) is 18.0. The maximum atomic E-state index is 12.1. The van der Waals surface area contributed by atoms with Crippen LogP contribution in [0.4, 0.5) is 5.69 Å². The van der Waals surface area contributed by atoms with Gasteiger partial charge in [0.05, 0.1) is 26.1 Å². The fourth-order valence-corrected chi connectivity index (χ4v) is 2.91. The number of carbonyl (C=O) groups is 2. The van der Waals surface area contributed by atoms with E-state index >= 15 is 0 Å². The molecule has 0 aromatic heterocycles. The number of halogens is 1. The predicted octanol–water partition coefficient (Wildman–Crippen LogP) is 4.03. The van der Waals surface area contributed by atoms with Crippen LogP contribution in [-0.4, -0.2) is 32.2 Å². The molecule has 0 saturated carbocycles. The quantitative estimate of drug-likeness (QED) is 0.296. The highest BCUT2D eigenvalue weighted by molar-refractivity contribution is 6.39. The van der Waals surface area contributed by atoms with E-state index < -0.39 is 11.8 Å². The summed E-state index contributed by atoms with van der Waals surface area (Å²) < 4.78 is 16.0. The first-order valence-electron chi connectivity index (χ1n) is 9.83. The zero-order chi connectivity index (χ0) is 23.6. The Bertz CT molecular complexity index is 1150. The summed E-state index contributed by atoms with van der Waals surface area (Å²) >= 11 is 6.12. The number of hydrogen-bond acceptors (Lipinski definition) is 6. The number of nitrogens with one attached hydrogen (secondary N) is 2. The zero-order valence-corrected chi connectivity index (χ0v) is 18.8. The number of nitrogens with zero attached hydrogens (tertiary/aromatic N) is 1. The molecule has 0 aliphatic heterocycles. The first kappa shape index (κ1) is 23.6. The lowest BCUT2D eigenvalue weighted by Gasteiger charge is -2.10. The van der Waals surface area contributed by atoms with Crippen molar-refractivity contribution >= 4 is 35.3 Å². The second-order valence-corrected chi connectivity index (χ2v) is 7.08. The molecule has 2 amide bonds. The topological polar surface area (TPSA) is 98.2 Å². The molecule has 0 bridgehead atoms. The van der Waals surface area contributed by atoms with Crippen molar-refractivity contribution in [3.05, 3.63) is 82.9 Å². The fraction of sp³-hybridized carbons (Fsp3) is 0.125. The first-order valence-corrected chi connectivity index (χ1v) is 10.2. The lowest BCUT2D eigenvalue weighted by Crippen LogP contribution is -2.32. The molecular formula is C24H22ClN3O5. The van der Waals surface area contributed by atoms with Gasteiger partial charge in [0.15, 0.2) is 0 Å². The van der Waals surface area contributed by atoms with Gasteiger partial charge in [-0.3, -0.25) is 9.59 Å². The maximum Gasteiger partial charge on any atom is 0.329 e. The largest absolute Gasteiger partial charge is 0.497 e. The van der Waals surface area contributed by atoms with Gasteiger partial charge in [-0.1, -0.05) is 29.8 Å². The lowest BCUT2D eigenvalue weighted by molar-refractivity contribution is -0.136. The van der Waals surface area contributed by atoms with Crippen LogP contribution >= 0.6 is 11.6 Å². The van der Waals surface area contributed by atoms with Gasteiger partial charge in [-0.15, -0.1) is 0 Å². The van der Waals surface area contributed by atoms with E-state index in [2.05, 4.69) is 15.8 Å². The molecule has 0 radical (unpaired) electrons. The maximum absolute atomic E-state index is 12.1. The summed E-state index contributed by atoms with van der Waals surface area (Å²) in [7, 11) is 2.96. The molecule has 3 aromatic rings. The summed E-state index contributed by atoms with van der Waals surface area (Å²) in [5.74, 6) is -0.248. The third kappa shape index (κ3) is 6.72. The van der Waals surface area contributed by atoms with Gasteiger partial charge >= 0.3 is 11.8 Å². The van der Waals surface area contributed by atoms with E-state index in [0.717, 1.165) is 5.56 Å². The summed E-state index contributed by atoms with van der Waals surface area (Å²) in [6.07, 6.45) is 1.41. The Labute approximate surface area is 196 Å². The van der Waals surface area contributed by atoms with Gasteiger partial charge in [0, 0.05) is 16.7 Å². The normalized spacial score (nSPS) is 10.5. The van der Waals surface area contributed by atoms with Gasteiger partial charge in [-0.25, -0.2) is 5.43 Å². The second kappa shape index (κ2) is 11.5. The summed E-state index contributed by atoms with van der Waals surface area (Å²) in [5, 5.41) is 6.93. The Morgan fingerprint density at radius 2 is 1.67 bits per heavy atom. The Hall–Kier alpha value is -4.04. The molecule has 33 heavy (non-hydrogen) atoms. The van der Waals surface area contributed by atoms with Gasteiger partial charge in [0.1, 0.15) is 23.9 Å². The molecule has 0 aliphatic carbocycles. The number of rotatable bonds is 8. The minimum atomic E-state index is -0.927. The number of hydrazone groups is 1. The van der Waals surface area contributed by atoms with Gasteiger partial charge in [0.25, 0.3) is 0 Å². The van der Waals surface area contributed by atoms with Crippen LogP contribution in [0.5, 0.6) is 17.2 Å². The van der Waals surface area contributed by atoms with Gasteiger partial charge in [0.2, 0.25) is 0 Å². The second-order valence-electron chi connectivity index (χ2n) is 6.67. The molecule has 8 nitrogen and oxygen atoms in total. The monoisotopic (exact) mass is 467 g/mol. The summed E-state index contributed by atoms with van der Waals surface area (Å²) in [4.78, 5) is 24.2. The minimum absolute atomic E-state index is 0.329. The molecule has 170 valence electrons. The van der Waals surface area contributed by atoms with Gasteiger partial charge in [-0.05, 0) is 48.0 Å². The summed E-state index contributed by atoms with van der Waals surface area (Å²) in [5.41, 5.74) is 4.11. The Kier molecular flexibility index (Phi) is 8.26. The summed E-state index contributed by atoms with van der Waals surface area (Å²) in [6, 6.07) is 19.3. The molecule has 0 heterocycles. The number of ether oxygens (including phenoxy) is 3. The van der Waals surface area contributed by atoms with E-state index in [-0.39, 0.29) is 0 Å². The average Bonchev–Trinajstić information content (AvgIpc) is 2.84. The molecule has 0 unspecified atom stereocenters. The molecular weight excluding hydrogens is 446 g/mol. The standard InChI is InChI=1S/C24H22ClN3O5/c1-31-19-11-12-21(22(13-19)32-2)27-23(29)24(30)28-26-14-16-7-9-18(10-8-16)33-15-17-5-3-4-6-20(17)25/h3-14H,15H2,1-2H3,(H,27,29)(H,28,30). The van der Waals surface area contributed by atoms with Crippen molar-refractivity contribution in [3.8, 4) is 17.2 Å². The van der Waals surface area contributed by atoms with E-state index in [1.807, 2.05) is 24.3 Å². The van der Waals surface area contributed by atoms with Crippen LogP contribution in [0, 0.1) is 0 Å². The number of carbonyl (C=O) groups excluding carboxylic acids is 2. The molecule has 9 heteroatoms. The fourth-order valence-electron chi connectivity index (χ4n) is 2.72. The first-order chi connectivity index (χ1) is 16.0. The van der Waals surface area contributed by atoms with Crippen LogP contribution in [0.1, 0.15) is 11.1 Å². The average molecular weight is 468 g/mol. The van der Waals surface area contributed by atoms with Crippen molar-refractivity contribution in [2.75, 3.05) is 19.5 Å². The van der Waals surface area contributed by atoms with Crippen molar-refractivity contribution < 1.29 is 23.8 Å². The number of hydrogen-bond donors (Lipinski definition) is 2. The summed E-state index contributed by atoms with van der Waals surface area (Å²) in [6.45, 7) is 0.345. The number of amides is 2. The SMILES string of the molecule is COc1ccc(NC(=O)C(=O)NN=Cc2ccc(OCc3ccccc3Cl)cc2)c(OC)c1. The van der Waals surface area contributed by atoms with Crippen LogP contribution in [-0.2, 0) is 16.2 Å². The Morgan fingerprint density at radius 3 is 2.36 bits per heavy atom. The van der Waals surface area contributed by atoms with Crippen molar-refractivity contribution in [1.82, 2.24) is 5.43 Å². The van der Waals surface area contributed by atoms with E-state index in [4.69, 9.17) is 25.8 Å². The van der Waals surface area contributed by atoms with Crippen molar-refractivity contribution in [2.45, 2.75) is 6.61 Å². The predicted molar refractivity (Wildman–Crippen MR) is 126 cm³/mol. The number of methoxy groups -OCH3 is 2. The van der Waals surface area contributed by atoms with Crippen molar-refractivity contribution in [3.63, 3.8) is 0 Å². The molecule has 0 atom stereocenters. The third-order valence-corrected chi connectivity index (χ3v) is 4.84. The third-order valence-electron chi connectivity index (χ3n) is 4.48.